The predicted octanol–water partition coefficient (Wildman–Crippen LogP) is 4.86. The number of nitrogens with one attached hydrogen (secondary N) is 1. The molecule has 1 saturated heterocycles. The lowest BCUT2D eigenvalue weighted by Gasteiger charge is -2.20. The smallest absolute Gasteiger partial charge is 0.342 e. The molecule has 1 fully saturated rings. The number of ether oxygens (including phenoxy) is 1. The number of hydrogen-bond acceptors (Lipinski definition) is 6. The summed E-state index contributed by atoms with van der Waals surface area (Å²) in [6, 6.07) is 16.0. The standard InChI is InChI=1S/C27H29N3O4/c1-27(2,3)26(33)28-20-12-10-18(11-13-20)23(31)17-34-25(32)21-16-19-8-4-5-9-22(19)29-24(21)30-14-6-7-15-30/h4-5,8-13,16H,6-7,14-15,17H2,1-3H3,(H,28,33). The molecule has 4 rings (SSSR count). The van der Waals surface area contributed by atoms with Crippen LogP contribution < -0.4 is 10.2 Å². The molecule has 176 valence electrons. The van der Waals surface area contributed by atoms with Gasteiger partial charge in [-0.25, -0.2) is 9.78 Å². The summed E-state index contributed by atoms with van der Waals surface area (Å²) in [7, 11) is 0. The van der Waals surface area contributed by atoms with Crippen LogP contribution in [0, 0.1) is 5.41 Å². The minimum absolute atomic E-state index is 0.113. The number of Topliss-reactive ketones (excluding diaryl/α,β-unsaturated/α-hetero) is 1. The average molecular weight is 460 g/mol. The van der Waals surface area contributed by atoms with Gasteiger partial charge in [0.05, 0.1) is 5.52 Å². The third kappa shape index (κ3) is 5.25. The van der Waals surface area contributed by atoms with Gasteiger partial charge in [0, 0.05) is 35.1 Å². The highest BCUT2D eigenvalue weighted by molar-refractivity contribution is 6.03. The second-order valence-electron chi connectivity index (χ2n) is 9.53. The zero-order valence-electron chi connectivity index (χ0n) is 19.8. The second-order valence-corrected chi connectivity index (χ2v) is 9.53. The molecule has 7 heteroatoms. The van der Waals surface area contributed by atoms with Gasteiger partial charge >= 0.3 is 5.97 Å². The third-order valence-corrected chi connectivity index (χ3v) is 5.81. The molecule has 3 aromatic rings. The van der Waals surface area contributed by atoms with Crippen LogP contribution in [-0.2, 0) is 9.53 Å². The molecule has 34 heavy (non-hydrogen) atoms. The average Bonchev–Trinajstić information content (AvgIpc) is 3.36. The molecule has 1 aliphatic heterocycles. The number of rotatable bonds is 6. The molecule has 1 aliphatic rings. The van der Waals surface area contributed by atoms with E-state index in [1.54, 1.807) is 30.3 Å². The number of para-hydroxylation sites is 1. The first-order valence-corrected chi connectivity index (χ1v) is 11.5. The lowest BCUT2D eigenvalue weighted by Crippen LogP contribution is -2.27. The van der Waals surface area contributed by atoms with Crippen molar-refractivity contribution in [1.29, 1.82) is 0 Å². The highest BCUT2D eigenvalue weighted by Crippen LogP contribution is 2.27. The van der Waals surface area contributed by atoms with Crippen molar-refractivity contribution in [3.05, 3.63) is 65.7 Å². The van der Waals surface area contributed by atoms with E-state index >= 15 is 0 Å². The second kappa shape index (κ2) is 9.63. The van der Waals surface area contributed by atoms with Crippen molar-refractivity contribution >= 4 is 40.1 Å². The van der Waals surface area contributed by atoms with Crippen molar-refractivity contribution in [1.82, 2.24) is 4.98 Å². The maximum Gasteiger partial charge on any atom is 0.342 e. The Kier molecular flexibility index (Phi) is 6.63. The van der Waals surface area contributed by atoms with Crippen LogP contribution in [0.25, 0.3) is 10.9 Å². The number of benzene rings is 2. The number of anilines is 2. The van der Waals surface area contributed by atoms with Gasteiger partial charge in [0.25, 0.3) is 0 Å². The summed E-state index contributed by atoms with van der Waals surface area (Å²) >= 11 is 0. The first kappa shape index (κ1) is 23.4. The number of hydrogen-bond donors (Lipinski definition) is 1. The first-order chi connectivity index (χ1) is 16.2. The van der Waals surface area contributed by atoms with E-state index in [4.69, 9.17) is 9.72 Å². The van der Waals surface area contributed by atoms with Crippen LogP contribution in [-0.4, -0.2) is 42.3 Å². The number of pyridine rings is 1. The van der Waals surface area contributed by atoms with Crippen molar-refractivity contribution in [3.8, 4) is 0 Å². The SMILES string of the molecule is CC(C)(C)C(=O)Nc1ccc(C(=O)COC(=O)c2cc3ccccc3nc2N2CCCC2)cc1. The molecule has 1 N–H and O–H groups in total. The van der Waals surface area contributed by atoms with E-state index in [1.165, 1.54) is 0 Å². The largest absolute Gasteiger partial charge is 0.454 e. The number of fused-ring (bicyclic) bond motifs is 1. The Labute approximate surface area is 199 Å². The fraction of sp³-hybridized carbons (Fsp3) is 0.333. The number of carbonyl (C=O) groups is 3. The van der Waals surface area contributed by atoms with Crippen LogP contribution in [0.15, 0.2) is 54.6 Å². The number of nitrogens with zero attached hydrogens (tertiary/aromatic N) is 2. The van der Waals surface area contributed by atoms with Crippen LogP contribution in [0.2, 0.25) is 0 Å². The lowest BCUT2D eigenvalue weighted by atomic mass is 9.95. The van der Waals surface area contributed by atoms with Crippen molar-refractivity contribution < 1.29 is 19.1 Å². The molecule has 0 radical (unpaired) electrons. The van der Waals surface area contributed by atoms with E-state index in [-0.39, 0.29) is 18.3 Å². The van der Waals surface area contributed by atoms with Gasteiger partial charge < -0.3 is 15.0 Å². The molecule has 7 nitrogen and oxygen atoms in total. The molecule has 1 amide bonds. The fourth-order valence-electron chi connectivity index (χ4n) is 3.78. The van der Waals surface area contributed by atoms with Gasteiger partial charge in [-0.1, -0.05) is 39.0 Å². The summed E-state index contributed by atoms with van der Waals surface area (Å²) < 4.78 is 5.41. The van der Waals surface area contributed by atoms with Crippen LogP contribution in [0.1, 0.15) is 54.3 Å². The molecule has 0 spiro atoms. The maximum atomic E-state index is 13.0. The van der Waals surface area contributed by atoms with Crippen molar-refractivity contribution in [2.24, 2.45) is 5.41 Å². The molecular formula is C27H29N3O4. The fourth-order valence-corrected chi connectivity index (χ4v) is 3.78. The topological polar surface area (TPSA) is 88.6 Å². The molecule has 0 unspecified atom stereocenters. The number of carbonyl (C=O) groups excluding carboxylic acids is 3. The van der Waals surface area contributed by atoms with Gasteiger partial charge in [0.15, 0.2) is 12.4 Å². The minimum Gasteiger partial charge on any atom is -0.454 e. The number of amides is 1. The number of aromatic nitrogens is 1. The number of ketones is 1. The Morgan fingerprint density at radius 3 is 2.35 bits per heavy atom. The van der Waals surface area contributed by atoms with Gasteiger partial charge in [-0.2, -0.15) is 0 Å². The molecule has 0 bridgehead atoms. The highest BCUT2D eigenvalue weighted by Gasteiger charge is 2.24. The Bertz CT molecular complexity index is 1220. The Balaban J connectivity index is 1.45. The van der Waals surface area contributed by atoms with Gasteiger partial charge in [0.2, 0.25) is 5.91 Å². The van der Waals surface area contributed by atoms with E-state index in [0.29, 0.717) is 22.6 Å². The summed E-state index contributed by atoms with van der Waals surface area (Å²) in [4.78, 5) is 44.6. The summed E-state index contributed by atoms with van der Waals surface area (Å²) in [5, 5.41) is 3.66. The normalized spacial score (nSPS) is 13.7. The van der Waals surface area contributed by atoms with Crippen LogP contribution >= 0.6 is 0 Å². The quantitative estimate of drug-likeness (QED) is 0.418. The lowest BCUT2D eigenvalue weighted by molar-refractivity contribution is -0.123. The summed E-state index contributed by atoms with van der Waals surface area (Å²) in [5.74, 6) is -0.396. The Morgan fingerprint density at radius 1 is 1.00 bits per heavy atom. The van der Waals surface area contributed by atoms with Crippen molar-refractivity contribution in [2.75, 3.05) is 29.9 Å². The maximum absolute atomic E-state index is 13.0. The molecular weight excluding hydrogens is 430 g/mol. The molecule has 0 atom stereocenters. The third-order valence-electron chi connectivity index (χ3n) is 5.81. The number of esters is 1. The van der Waals surface area contributed by atoms with E-state index in [0.717, 1.165) is 36.8 Å². The van der Waals surface area contributed by atoms with Crippen LogP contribution in [0.5, 0.6) is 0 Å². The summed E-state index contributed by atoms with van der Waals surface area (Å²) in [5.41, 5.74) is 1.67. The zero-order valence-corrected chi connectivity index (χ0v) is 19.8. The summed E-state index contributed by atoms with van der Waals surface area (Å²) in [6.07, 6.45) is 2.10. The van der Waals surface area contributed by atoms with Gasteiger partial charge in [-0.3, -0.25) is 9.59 Å². The van der Waals surface area contributed by atoms with Gasteiger partial charge in [0.1, 0.15) is 11.4 Å². The van der Waals surface area contributed by atoms with Gasteiger partial charge in [-0.05, 0) is 49.2 Å². The highest BCUT2D eigenvalue weighted by atomic mass is 16.5. The predicted molar refractivity (Wildman–Crippen MR) is 132 cm³/mol. The molecule has 1 aromatic heterocycles. The zero-order chi connectivity index (χ0) is 24.3. The van der Waals surface area contributed by atoms with E-state index in [2.05, 4.69) is 10.2 Å². The first-order valence-electron chi connectivity index (χ1n) is 11.5. The van der Waals surface area contributed by atoms with Gasteiger partial charge in [-0.15, -0.1) is 0 Å². The van der Waals surface area contributed by atoms with Crippen LogP contribution in [0.4, 0.5) is 11.5 Å². The summed E-state index contributed by atoms with van der Waals surface area (Å²) in [6.45, 7) is 6.78. The van der Waals surface area contributed by atoms with E-state index < -0.39 is 11.4 Å². The Morgan fingerprint density at radius 2 is 1.68 bits per heavy atom. The van der Waals surface area contributed by atoms with E-state index in [9.17, 15) is 14.4 Å². The molecule has 2 heterocycles. The van der Waals surface area contributed by atoms with Crippen LogP contribution in [0.3, 0.4) is 0 Å². The van der Waals surface area contributed by atoms with E-state index in [1.807, 2.05) is 45.0 Å². The van der Waals surface area contributed by atoms with Crippen molar-refractivity contribution in [2.45, 2.75) is 33.6 Å². The molecule has 0 aliphatic carbocycles. The minimum atomic E-state index is -0.567. The van der Waals surface area contributed by atoms with Crippen molar-refractivity contribution in [3.63, 3.8) is 0 Å². The molecule has 2 aromatic carbocycles. The Hall–Kier alpha value is -3.74. The molecule has 0 saturated carbocycles. The monoisotopic (exact) mass is 459 g/mol.